The fourth-order valence-corrected chi connectivity index (χ4v) is 4.57. The number of aromatic amines is 1. The smallest absolute Gasteiger partial charge is 0.159 e. The van der Waals surface area contributed by atoms with E-state index in [1.165, 1.54) is 0 Å². The van der Waals surface area contributed by atoms with Gasteiger partial charge in [0.2, 0.25) is 0 Å². The minimum Gasteiger partial charge on any atom is -0.353 e. The van der Waals surface area contributed by atoms with Crippen LogP contribution in [0.25, 0.3) is 44.3 Å². The van der Waals surface area contributed by atoms with Crippen molar-refractivity contribution >= 4 is 45.3 Å². The van der Waals surface area contributed by atoms with Crippen molar-refractivity contribution in [3.63, 3.8) is 0 Å². The molecule has 1 N–H and O–H groups in total. The number of rotatable bonds is 5. The summed E-state index contributed by atoms with van der Waals surface area (Å²) >= 11 is 11.8. The van der Waals surface area contributed by atoms with E-state index in [9.17, 15) is 0 Å². The van der Waals surface area contributed by atoms with Gasteiger partial charge in [0.1, 0.15) is 10.3 Å². The summed E-state index contributed by atoms with van der Waals surface area (Å²) in [6.45, 7) is 2.29. The Labute approximate surface area is 239 Å². The molecule has 0 spiro atoms. The fourth-order valence-electron chi connectivity index (χ4n) is 4.26. The van der Waals surface area contributed by atoms with E-state index in [1.54, 1.807) is 24.5 Å². The van der Waals surface area contributed by atoms with E-state index in [4.69, 9.17) is 32.7 Å². The van der Waals surface area contributed by atoms with E-state index < -0.39 is 0 Å². The van der Waals surface area contributed by atoms with E-state index in [1.807, 2.05) is 53.7 Å². The van der Waals surface area contributed by atoms with Crippen molar-refractivity contribution < 1.29 is 9.47 Å². The predicted molar refractivity (Wildman–Crippen MR) is 153 cm³/mol. The lowest BCUT2D eigenvalue weighted by Gasteiger charge is -2.22. The number of nitrogens with one attached hydrogen (secondary N) is 1. The molecule has 0 unspecified atom stereocenters. The number of fused-ring (bicyclic) bond motifs is 2. The highest BCUT2D eigenvalue weighted by molar-refractivity contribution is 6.30. The number of hydrogen-bond acceptors (Lipinski definition) is 8. The third kappa shape index (κ3) is 6.26. The summed E-state index contributed by atoms with van der Waals surface area (Å²) < 4.78 is 13.0. The van der Waals surface area contributed by atoms with Gasteiger partial charge in [0.15, 0.2) is 6.29 Å². The zero-order valence-corrected chi connectivity index (χ0v) is 22.8. The third-order valence-electron chi connectivity index (χ3n) is 6.29. The summed E-state index contributed by atoms with van der Waals surface area (Å²) in [5.74, 6) is 0. The molecule has 1 aliphatic heterocycles. The van der Waals surface area contributed by atoms with Crippen molar-refractivity contribution in [1.29, 1.82) is 0 Å². The van der Waals surface area contributed by atoms with Gasteiger partial charge in [0, 0.05) is 60.0 Å². The Morgan fingerprint density at radius 3 is 2.05 bits per heavy atom. The van der Waals surface area contributed by atoms with Crippen molar-refractivity contribution in [2.45, 2.75) is 25.7 Å². The maximum Gasteiger partial charge on any atom is 0.159 e. The van der Waals surface area contributed by atoms with Crippen molar-refractivity contribution in [3.05, 3.63) is 83.9 Å². The molecule has 6 aromatic heterocycles. The Bertz CT molecular complexity index is 1740. The van der Waals surface area contributed by atoms with E-state index in [0.29, 0.717) is 10.3 Å². The van der Waals surface area contributed by atoms with Crippen LogP contribution in [-0.4, -0.2) is 59.4 Å². The second-order valence-corrected chi connectivity index (χ2v) is 9.86. The van der Waals surface area contributed by atoms with Crippen molar-refractivity contribution in [2.24, 2.45) is 0 Å². The van der Waals surface area contributed by atoms with Crippen LogP contribution >= 0.6 is 23.2 Å². The Kier molecular flexibility index (Phi) is 7.92. The van der Waals surface area contributed by atoms with E-state index in [-0.39, 0.29) is 6.29 Å². The number of aromatic nitrogens is 8. The minimum absolute atomic E-state index is 0.125. The van der Waals surface area contributed by atoms with Crippen LogP contribution in [0.3, 0.4) is 0 Å². The molecule has 40 heavy (non-hydrogen) atoms. The molecule has 0 radical (unpaired) electrons. The van der Waals surface area contributed by atoms with E-state index in [2.05, 4.69) is 35.2 Å². The maximum absolute atomic E-state index is 5.96. The highest BCUT2D eigenvalue weighted by atomic mass is 35.5. The first-order chi connectivity index (χ1) is 19.6. The Hall–Kier alpha value is -3.96. The second kappa shape index (κ2) is 12.1. The topological polar surface area (TPSA) is 117 Å². The van der Waals surface area contributed by atoms with E-state index >= 15 is 0 Å². The molecule has 0 aromatic carbocycles. The standard InChI is InChI=1S/C17H17ClN4O2.C11H7ClN4/c18-16-3-2-14-15(21-16)8-12(9-19-14)13-10-20-22(11-13)5-4-17-23-6-1-7-24-17;12-11-2-1-9-10(16-11)3-7(4-13-9)8-5-14-15-6-8/h2-3,8-11,17H,1,4-7H2;1-6H,(H,14,15). The lowest BCUT2D eigenvalue weighted by molar-refractivity contribution is -0.182. The van der Waals surface area contributed by atoms with Crippen LogP contribution < -0.4 is 0 Å². The van der Waals surface area contributed by atoms with Gasteiger partial charge in [-0.1, -0.05) is 23.2 Å². The number of nitrogens with zero attached hydrogens (tertiary/aromatic N) is 7. The average molecular weight is 575 g/mol. The van der Waals surface area contributed by atoms with Gasteiger partial charge in [-0.25, -0.2) is 9.97 Å². The lowest BCUT2D eigenvalue weighted by atomic mass is 10.1. The molecule has 0 aliphatic carbocycles. The molecule has 1 saturated heterocycles. The summed E-state index contributed by atoms with van der Waals surface area (Å²) in [7, 11) is 0. The van der Waals surface area contributed by atoms with Crippen LogP contribution in [-0.2, 0) is 16.0 Å². The van der Waals surface area contributed by atoms with Gasteiger partial charge in [-0.3, -0.25) is 19.7 Å². The lowest BCUT2D eigenvalue weighted by Crippen LogP contribution is -2.26. The van der Waals surface area contributed by atoms with Gasteiger partial charge >= 0.3 is 0 Å². The number of ether oxygens (including phenoxy) is 2. The molecule has 12 heteroatoms. The molecular weight excluding hydrogens is 551 g/mol. The zero-order chi connectivity index (χ0) is 27.3. The molecule has 10 nitrogen and oxygen atoms in total. The van der Waals surface area contributed by atoms with Crippen LogP contribution in [0.15, 0.2) is 73.6 Å². The average Bonchev–Trinajstić information content (AvgIpc) is 3.69. The number of H-pyrrole nitrogens is 1. The van der Waals surface area contributed by atoms with Gasteiger partial charge in [-0.2, -0.15) is 10.2 Å². The molecule has 1 fully saturated rings. The van der Waals surface area contributed by atoms with Gasteiger partial charge in [-0.15, -0.1) is 0 Å². The van der Waals surface area contributed by atoms with Crippen LogP contribution in [0.4, 0.5) is 0 Å². The monoisotopic (exact) mass is 574 g/mol. The summed E-state index contributed by atoms with van der Waals surface area (Å²) in [5.41, 5.74) is 7.12. The molecular formula is C28H24Cl2N8O2. The first-order valence-corrected chi connectivity index (χ1v) is 13.5. The second-order valence-electron chi connectivity index (χ2n) is 9.08. The largest absolute Gasteiger partial charge is 0.353 e. The van der Waals surface area contributed by atoms with Crippen LogP contribution in [0.1, 0.15) is 12.8 Å². The number of aryl methyl sites for hydroxylation is 1. The first kappa shape index (κ1) is 26.3. The Morgan fingerprint density at radius 1 is 0.775 bits per heavy atom. The molecule has 7 rings (SSSR count). The van der Waals surface area contributed by atoms with Crippen molar-refractivity contribution in [3.8, 4) is 22.3 Å². The summed E-state index contributed by atoms with van der Waals surface area (Å²) in [6, 6.07) is 11.1. The van der Waals surface area contributed by atoms with E-state index in [0.717, 1.165) is 76.9 Å². The van der Waals surface area contributed by atoms with Crippen LogP contribution in [0, 0.1) is 0 Å². The van der Waals surface area contributed by atoms with Gasteiger partial charge in [0.05, 0.1) is 47.7 Å². The van der Waals surface area contributed by atoms with Crippen molar-refractivity contribution in [2.75, 3.05) is 13.2 Å². The molecule has 0 saturated carbocycles. The van der Waals surface area contributed by atoms with Gasteiger partial charge in [0.25, 0.3) is 0 Å². The van der Waals surface area contributed by atoms with Crippen LogP contribution in [0.5, 0.6) is 0 Å². The van der Waals surface area contributed by atoms with Crippen LogP contribution in [0.2, 0.25) is 10.3 Å². The molecule has 7 heterocycles. The molecule has 6 aromatic rings. The molecule has 0 amide bonds. The highest BCUT2D eigenvalue weighted by Crippen LogP contribution is 2.23. The quantitative estimate of drug-likeness (QED) is 0.250. The van der Waals surface area contributed by atoms with Crippen molar-refractivity contribution in [1.82, 2.24) is 39.9 Å². The zero-order valence-electron chi connectivity index (χ0n) is 21.2. The molecule has 0 atom stereocenters. The Balaban J connectivity index is 0.000000157. The molecule has 0 bridgehead atoms. The summed E-state index contributed by atoms with van der Waals surface area (Å²) in [4.78, 5) is 17.3. The molecule has 1 aliphatic rings. The number of pyridine rings is 4. The number of halogens is 2. The number of hydrogen-bond donors (Lipinski definition) is 1. The minimum atomic E-state index is -0.125. The fraction of sp³-hybridized carbons (Fsp3) is 0.214. The van der Waals surface area contributed by atoms with Gasteiger partial charge < -0.3 is 9.47 Å². The van der Waals surface area contributed by atoms with Gasteiger partial charge in [-0.05, 0) is 42.8 Å². The first-order valence-electron chi connectivity index (χ1n) is 12.7. The SMILES string of the molecule is Clc1ccc2ncc(-c3cn[nH]c3)cc2n1.Clc1ccc2ncc(-c3cnn(CCC4OCCCO4)c3)cc2n1. The summed E-state index contributed by atoms with van der Waals surface area (Å²) in [6.07, 6.45) is 12.6. The Morgan fingerprint density at radius 2 is 1.43 bits per heavy atom. The predicted octanol–water partition coefficient (Wildman–Crippen LogP) is 5.97. The third-order valence-corrected chi connectivity index (χ3v) is 6.72. The maximum atomic E-state index is 5.96. The normalized spacial score (nSPS) is 13.8. The molecule has 202 valence electrons. The highest BCUT2D eigenvalue weighted by Gasteiger charge is 2.14. The summed E-state index contributed by atoms with van der Waals surface area (Å²) in [5, 5.41) is 12.0.